The summed E-state index contributed by atoms with van der Waals surface area (Å²) in [6, 6.07) is 7.50. The number of hydrogen-bond donors (Lipinski definition) is 2. The summed E-state index contributed by atoms with van der Waals surface area (Å²) in [5, 5.41) is 2.84. The first-order valence-corrected chi connectivity index (χ1v) is 8.26. The number of carbonyl (C=O) groups excluding carboxylic acids is 1. The largest absolute Gasteiger partial charge is 0.497 e. The Bertz CT molecular complexity index is 637. The predicted molar refractivity (Wildman–Crippen MR) is 92.0 cm³/mol. The minimum atomic E-state index is -0.259. The molecule has 0 bridgehead atoms. The fourth-order valence-corrected chi connectivity index (χ4v) is 2.31. The molecule has 2 aromatic rings. The predicted octanol–water partition coefficient (Wildman–Crippen LogP) is 2.85. The van der Waals surface area contributed by atoms with Gasteiger partial charge in [-0.1, -0.05) is 31.9 Å². The van der Waals surface area contributed by atoms with Crippen LogP contribution in [0.15, 0.2) is 34.9 Å². The Labute approximate surface area is 142 Å². The van der Waals surface area contributed by atoms with Crippen LogP contribution in [0.1, 0.15) is 54.2 Å². The van der Waals surface area contributed by atoms with Crippen molar-refractivity contribution in [3.8, 4) is 5.75 Å². The number of methoxy groups -OCH3 is 1. The minimum Gasteiger partial charge on any atom is -0.497 e. The van der Waals surface area contributed by atoms with E-state index in [1.165, 1.54) is 6.26 Å². The highest BCUT2D eigenvalue weighted by Gasteiger charge is 2.16. The van der Waals surface area contributed by atoms with Crippen molar-refractivity contribution in [1.29, 1.82) is 0 Å². The normalized spacial score (nSPS) is 12.0. The van der Waals surface area contributed by atoms with Gasteiger partial charge in [0.2, 0.25) is 5.89 Å². The van der Waals surface area contributed by atoms with E-state index in [4.69, 9.17) is 14.9 Å². The molecule has 0 aliphatic rings. The van der Waals surface area contributed by atoms with Gasteiger partial charge in [0.25, 0.3) is 5.91 Å². The van der Waals surface area contributed by atoms with Gasteiger partial charge in [0.1, 0.15) is 12.0 Å². The summed E-state index contributed by atoms with van der Waals surface area (Å²) in [7, 11) is 1.63. The number of carbonyl (C=O) groups is 1. The van der Waals surface area contributed by atoms with Gasteiger partial charge in [-0.2, -0.15) is 0 Å². The van der Waals surface area contributed by atoms with Crippen LogP contribution in [0.4, 0.5) is 0 Å². The van der Waals surface area contributed by atoms with E-state index in [1.807, 2.05) is 24.3 Å². The zero-order valence-corrected chi connectivity index (χ0v) is 14.2. The van der Waals surface area contributed by atoms with E-state index in [0.717, 1.165) is 37.0 Å². The summed E-state index contributed by atoms with van der Waals surface area (Å²) >= 11 is 0. The van der Waals surface area contributed by atoms with Gasteiger partial charge in [-0.25, -0.2) is 4.98 Å². The zero-order chi connectivity index (χ0) is 17.4. The molecular weight excluding hydrogens is 306 g/mol. The Hall–Kier alpha value is -2.34. The fraction of sp³-hybridized carbons (Fsp3) is 0.444. The number of nitrogens with two attached hydrogens (primary N) is 1. The number of unbranched alkanes of at least 4 members (excludes halogenated alkanes) is 1. The lowest BCUT2D eigenvalue weighted by Crippen LogP contribution is -2.26. The van der Waals surface area contributed by atoms with Gasteiger partial charge in [-0.3, -0.25) is 4.79 Å². The van der Waals surface area contributed by atoms with Crippen LogP contribution in [0.2, 0.25) is 0 Å². The van der Waals surface area contributed by atoms with Crippen LogP contribution in [0.5, 0.6) is 5.75 Å². The molecule has 1 aromatic carbocycles. The van der Waals surface area contributed by atoms with E-state index in [-0.39, 0.29) is 17.6 Å². The van der Waals surface area contributed by atoms with Crippen LogP contribution < -0.4 is 15.8 Å². The molecule has 24 heavy (non-hydrogen) atoms. The number of benzene rings is 1. The molecule has 1 amide bonds. The first-order valence-electron chi connectivity index (χ1n) is 8.26. The Kier molecular flexibility index (Phi) is 6.81. The lowest BCUT2D eigenvalue weighted by Gasteiger charge is -2.05. The van der Waals surface area contributed by atoms with Crippen molar-refractivity contribution in [2.24, 2.45) is 5.73 Å². The molecule has 130 valence electrons. The summed E-state index contributed by atoms with van der Waals surface area (Å²) in [5.41, 5.74) is 7.39. The molecule has 6 heteroatoms. The van der Waals surface area contributed by atoms with Crippen molar-refractivity contribution in [1.82, 2.24) is 10.3 Å². The van der Waals surface area contributed by atoms with Crippen LogP contribution in [0, 0.1) is 0 Å². The maximum absolute atomic E-state index is 12.1. The monoisotopic (exact) mass is 331 g/mol. The van der Waals surface area contributed by atoms with Gasteiger partial charge >= 0.3 is 0 Å². The molecule has 0 saturated carbocycles. The smallest absolute Gasteiger partial charge is 0.273 e. The van der Waals surface area contributed by atoms with Crippen molar-refractivity contribution < 1.29 is 13.9 Å². The van der Waals surface area contributed by atoms with Crippen molar-refractivity contribution in [2.75, 3.05) is 13.7 Å². The molecule has 1 heterocycles. The van der Waals surface area contributed by atoms with Gasteiger partial charge in [0, 0.05) is 6.54 Å². The molecule has 0 radical (unpaired) electrons. The van der Waals surface area contributed by atoms with Crippen molar-refractivity contribution in [3.63, 3.8) is 0 Å². The van der Waals surface area contributed by atoms with E-state index in [1.54, 1.807) is 7.11 Å². The standard InChI is InChI=1S/C18H25N3O3/c1-3-4-5-15(19)18-21-16(12-24-18)17(22)20-11-10-13-6-8-14(23-2)9-7-13/h6-9,12,15H,3-5,10-11,19H2,1-2H3,(H,20,22). The molecular formula is C18H25N3O3. The second kappa shape index (κ2) is 9.08. The number of ether oxygens (including phenoxy) is 1. The van der Waals surface area contributed by atoms with Crippen LogP contribution in [0.3, 0.4) is 0 Å². The summed E-state index contributed by atoms with van der Waals surface area (Å²) in [4.78, 5) is 16.3. The molecule has 0 fully saturated rings. The lowest BCUT2D eigenvalue weighted by molar-refractivity contribution is 0.0949. The third kappa shape index (κ3) is 5.09. The summed E-state index contributed by atoms with van der Waals surface area (Å²) in [6.07, 6.45) is 4.97. The number of hydrogen-bond acceptors (Lipinski definition) is 5. The van der Waals surface area contributed by atoms with Crippen molar-refractivity contribution in [2.45, 2.75) is 38.6 Å². The zero-order valence-electron chi connectivity index (χ0n) is 14.2. The maximum Gasteiger partial charge on any atom is 0.273 e. The van der Waals surface area contributed by atoms with Gasteiger partial charge in [0.15, 0.2) is 5.69 Å². The molecule has 1 atom stereocenters. The number of amides is 1. The Morgan fingerprint density at radius 2 is 2.12 bits per heavy atom. The van der Waals surface area contributed by atoms with E-state index < -0.39 is 0 Å². The Balaban J connectivity index is 1.80. The first-order chi connectivity index (χ1) is 11.6. The van der Waals surface area contributed by atoms with E-state index in [2.05, 4.69) is 17.2 Å². The average molecular weight is 331 g/mol. The van der Waals surface area contributed by atoms with E-state index >= 15 is 0 Å². The summed E-state index contributed by atoms with van der Waals surface area (Å²) < 4.78 is 10.4. The second-order valence-corrected chi connectivity index (χ2v) is 5.67. The van der Waals surface area contributed by atoms with Gasteiger partial charge in [-0.15, -0.1) is 0 Å². The third-order valence-corrected chi connectivity index (χ3v) is 3.80. The lowest BCUT2D eigenvalue weighted by atomic mass is 10.1. The molecule has 1 aromatic heterocycles. The van der Waals surface area contributed by atoms with E-state index in [0.29, 0.717) is 12.4 Å². The summed E-state index contributed by atoms with van der Waals surface area (Å²) in [5.74, 6) is 0.988. The number of oxazole rings is 1. The molecule has 0 spiro atoms. The number of nitrogens with zero attached hydrogens (tertiary/aromatic N) is 1. The maximum atomic E-state index is 12.1. The highest BCUT2D eigenvalue weighted by atomic mass is 16.5. The van der Waals surface area contributed by atoms with Gasteiger partial charge < -0.3 is 20.2 Å². The molecule has 1 unspecified atom stereocenters. The fourth-order valence-electron chi connectivity index (χ4n) is 2.31. The average Bonchev–Trinajstić information content (AvgIpc) is 3.10. The third-order valence-electron chi connectivity index (χ3n) is 3.80. The minimum absolute atomic E-state index is 0.249. The highest BCUT2D eigenvalue weighted by Crippen LogP contribution is 2.16. The first kappa shape index (κ1) is 18.0. The van der Waals surface area contributed by atoms with Crippen LogP contribution >= 0.6 is 0 Å². The van der Waals surface area contributed by atoms with Crippen molar-refractivity contribution >= 4 is 5.91 Å². The van der Waals surface area contributed by atoms with Gasteiger partial charge in [0.05, 0.1) is 13.2 Å². The number of rotatable bonds is 9. The van der Waals surface area contributed by atoms with Gasteiger partial charge in [-0.05, 0) is 30.5 Å². The van der Waals surface area contributed by atoms with Crippen LogP contribution in [-0.2, 0) is 6.42 Å². The topological polar surface area (TPSA) is 90.4 Å². The molecule has 0 aliphatic heterocycles. The summed E-state index contributed by atoms with van der Waals surface area (Å²) in [6.45, 7) is 2.62. The number of aromatic nitrogens is 1. The van der Waals surface area contributed by atoms with E-state index in [9.17, 15) is 4.79 Å². The molecule has 0 aliphatic carbocycles. The Morgan fingerprint density at radius 1 is 1.38 bits per heavy atom. The van der Waals surface area contributed by atoms with Crippen molar-refractivity contribution in [3.05, 3.63) is 47.7 Å². The van der Waals surface area contributed by atoms with Crippen LogP contribution in [-0.4, -0.2) is 24.5 Å². The number of nitrogens with one attached hydrogen (secondary N) is 1. The molecule has 2 rings (SSSR count). The quantitative estimate of drug-likeness (QED) is 0.737. The second-order valence-electron chi connectivity index (χ2n) is 5.67. The van der Waals surface area contributed by atoms with Crippen LogP contribution in [0.25, 0.3) is 0 Å². The Morgan fingerprint density at radius 3 is 2.79 bits per heavy atom. The SMILES string of the molecule is CCCCC(N)c1nc(C(=O)NCCc2ccc(OC)cc2)co1. The molecule has 0 saturated heterocycles. The molecule has 3 N–H and O–H groups in total. The highest BCUT2D eigenvalue weighted by molar-refractivity contribution is 5.91. The molecule has 6 nitrogen and oxygen atoms in total.